The SMILES string of the molecule is CCC(CC)CS(=O)(=O)N(CCCN)Cc1ccccc1.Cl. The van der Waals surface area contributed by atoms with Crippen LogP contribution in [0.25, 0.3) is 0 Å². The van der Waals surface area contributed by atoms with Gasteiger partial charge in [-0.25, -0.2) is 8.42 Å². The fourth-order valence-electron chi connectivity index (χ4n) is 2.30. The Morgan fingerprint density at radius 2 is 1.73 bits per heavy atom. The zero-order chi connectivity index (χ0) is 15.7. The van der Waals surface area contributed by atoms with Crippen LogP contribution in [0.1, 0.15) is 38.7 Å². The summed E-state index contributed by atoms with van der Waals surface area (Å²) in [5, 5.41) is 0. The molecule has 0 bridgehead atoms. The molecule has 6 heteroatoms. The van der Waals surface area contributed by atoms with E-state index in [4.69, 9.17) is 5.73 Å². The first-order chi connectivity index (χ1) is 10.0. The fraction of sp³-hybridized carbons (Fsp3) is 0.625. The molecule has 0 aliphatic carbocycles. The molecule has 0 heterocycles. The summed E-state index contributed by atoms with van der Waals surface area (Å²) in [7, 11) is -3.24. The molecule has 1 rings (SSSR count). The number of nitrogens with zero attached hydrogens (tertiary/aromatic N) is 1. The second-order valence-corrected chi connectivity index (χ2v) is 7.44. The molecule has 0 unspecified atom stereocenters. The molecule has 0 fully saturated rings. The Balaban J connectivity index is 0.00000441. The van der Waals surface area contributed by atoms with E-state index in [1.54, 1.807) is 4.31 Å². The number of benzene rings is 1. The van der Waals surface area contributed by atoms with Gasteiger partial charge in [0, 0.05) is 13.1 Å². The Morgan fingerprint density at radius 1 is 1.14 bits per heavy atom. The van der Waals surface area contributed by atoms with E-state index in [1.807, 2.05) is 44.2 Å². The second-order valence-electron chi connectivity index (χ2n) is 5.42. The molecule has 1 aromatic rings. The Kier molecular flexibility index (Phi) is 10.7. The highest BCUT2D eigenvalue weighted by atomic mass is 35.5. The van der Waals surface area contributed by atoms with Gasteiger partial charge in [-0.3, -0.25) is 0 Å². The van der Waals surface area contributed by atoms with E-state index < -0.39 is 10.0 Å². The lowest BCUT2D eigenvalue weighted by Gasteiger charge is -2.24. The quantitative estimate of drug-likeness (QED) is 0.706. The van der Waals surface area contributed by atoms with Crippen LogP contribution in [0.4, 0.5) is 0 Å². The summed E-state index contributed by atoms with van der Waals surface area (Å²) < 4.78 is 26.9. The average molecular weight is 349 g/mol. The maximum absolute atomic E-state index is 12.7. The molecule has 0 aromatic heterocycles. The monoisotopic (exact) mass is 348 g/mol. The van der Waals surface area contributed by atoms with Crippen LogP contribution in [0, 0.1) is 5.92 Å². The van der Waals surface area contributed by atoms with Crippen LogP contribution in [0.15, 0.2) is 30.3 Å². The molecule has 22 heavy (non-hydrogen) atoms. The van der Waals surface area contributed by atoms with Crippen molar-refractivity contribution in [2.75, 3.05) is 18.8 Å². The minimum absolute atomic E-state index is 0. The topological polar surface area (TPSA) is 63.4 Å². The first kappa shape index (κ1) is 21.4. The predicted octanol–water partition coefficient (Wildman–Crippen LogP) is 3.03. The zero-order valence-electron chi connectivity index (χ0n) is 13.6. The molecular weight excluding hydrogens is 320 g/mol. The zero-order valence-corrected chi connectivity index (χ0v) is 15.2. The Labute approximate surface area is 141 Å². The van der Waals surface area contributed by atoms with Crippen molar-refractivity contribution in [3.8, 4) is 0 Å². The third kappa shape index (κ3) is 7.09. The van der Waals surface area contributed by atoms with Crippen LogP contribution < -0.4 is 5.73 Å². The number of nitrogens with two attached hydrogens (primary N) is 1. The third-order valence-electron chi connectivity index (χ3n) is 3.81. The van der Waals surface area contributed by atoms with Crippen molar-refractivity contribution < 1.29 is 8.42 Å². The van der Waals surface area contributed by atoms with Gasteiger partial charge in [-0.05, 0) is 24.4 Å². The van der Waals surface area contributed by atoms with Gasteiger partial charge in [-0.15, -0.1) is 12.4 Å². The van der Waals surface area contributed by atoms with Gasteiger partial charge in [-0.2, -0.15) is 4.31 Å². The van der Waals surface area contributed by atoms with E-state index in [0.717, 1.165) is 18.4 Å². The number of sulfonamides is 1. The van der Waals surface area contributed by atoms with E-state index in [0.29, 0.717) is 26.1 Å². The maximum atomic E-state index is 12.7. The highest BCUT2D eigenvalue weighted by Gasteiger charge is 2.24. The van der Waals surface area contributed by atoms with Crippen molar-refractivity contribution in [1.29, 1.82) is 0 Å². The Morgan fingerprint density at radius 3 is 2.23 bits per heavy atom. The van der Waals surface area contributed by atoms with Crippen molar-refractivity contribution in [3.05, 3.63) is 35.9 Å². The molecule has 0 saturated heterocycles. The van der Waals surface area contributed by atoms with Crippen LogP contribution in [-0.4, -0.2) is 31.6 Å². The van der Waals surface area contributed by atoms with Gasteiger partial charge in [0.1, 0.15) is 0 Å². The van der Waals surface area contributed by atoms with Crippen LogP contribution >= 0.6 is 12.4 Å². The van der Waals surface area contributed by atoms with Crippen LogP contribution in [0.5, 0.6) is 0 Å². The smallest absolute Gasteiger partial charge is 0.214 e. The predicted molar refractivity (Wildman–Crippen MR) is 95.6 cm³/mol. The molecule has 0 aliphatic heterocycles. The Hall–Kier alpha value is -0.620. The van der Waals surface area contributed by atoms with Gasteiger partial charge in [0.2, 0.25) is 10.0 Å². The molecule has 0 aliphatic rings. The first-order valence-electron chi connectivity index (χ1n) is 7.75. The van der Waals surface area contributed by atoms with Crippen molar-refractivity contribution in [3.63, 3.8) is 0 Å². The molecule has 0 spiro atoms. The van der Waals surface area contributed by atoms with Crippen molar-refractivity contribution in [2.24, 2.45) is 11.7 Å². The normalized spacial score (nSPS) is 11.7. The summed E-state index contributed by atoms with van der Waals surface area (Å²) in [6, 6.07) is 9.73. The minimum atomic E-state index is -3.24. The summed E-state index contributed by atoms with van der Waals surface area (Å²) in [5.41, 5.74) is 6.56. The molecule has 1 aromatic carbocycles. The van der Waals surface area contributed by atoms with E-state index in [-0.39, 0.29) is 24.1 Å². The van der Waals surface area contributed by atoms with Crippen LogP contribution in [0.3, 0.4) is 0 Å². The van der Waals surface area contributed by atoms with E-state index in [1.165, 1.54) is 0 Å². The summed E-state index contributed by atoms with van der Waals surface area (Å²) in [6.45, 7) is 5.53. The number of hydrogen-bond donors (Lipinski definition) is 1. The summed E-state index contributed by atoms with van der Waals surface area (Å²) in [4.78, 5) is 0. The van der Waals surface area contributed by atoms with E-state index in [9.17, 15) is 8.42 Å². The van der Waals surface area contributed by atoms with E-state index in [2.05, 4.69) is 0 Å². The molecule has 2 N–H and O–H groups in total. The molecule has 128 valence electrons. The fourth-order valence-corrected chi connectivity index (χ4v) is 4.33. The Bertz CT molecular complexity index is 490. The number of hydrogen-bond acceptors (Lipinski definition) is 3. The average Bonchev–Trinajstić information content (AvgIpc) is 2.49. The van der Waals surface area contributed by atoms with Crippen molar-refractivity contribution in [2.45, 2.75) is 39.7 Å². The van der Waals surface area contributed by atoms with Crippen LogP contribution in [-0.2, 0) is 16.6 Å². The third-order valence-corrected chi connectivity index (χ3v) is 5.80. The molecule has 0 saturated carbocycles. The van der Waals surface area contributed by atoms with Crippen LogP contribution in [0.2, 0.25) is 0 Å². The number of halogens is 1. The van der Waals surface area contributed by atoms with Crippen molar-refractivity contribution >= 4 is 22.4 Å². The lowest BCUT2D eigenvalue weighted by Crippen LogP contribution is -2.36. The lowest BCUT2D eigenvalue weighted by atomic mass is 10.1. The van der Waals surface area contributed by atoms with Gasteiger partial charge in [0.05, 0.1) is 5.75 Å². The highest BCUT2D eigenvalue weighted by molar-refractivity contribution is 7.89. The lowest BCUT2D eigenvalue weighted by molar-refractivity contribution is 0.392. The molecule has 0 radical (unpaired) electrons. The molecule has 4 nitrogen and oxygen atoms in total. The van der Waals surface area contributed by atoms with Crippen molar-refractivity contribution in [1.82, 2.24) is 4.31 Å². The molecular formula is C16H29ClN2O2S. The molecule has 0 atom stereocenters. The summed E-state index contributed by atoms with van der Waals surface area (Å²) >= 11 is 0. The molecule has 0 amide bonds. The standard InChI is InChI=1S/C16H28N2O2S.ClH/c1-3-15(4-2)14-21(19,20)18(12-8-11-17)13-16-9-6-5-7-10-16;/h5-7,9-10,15H,3-4,8,11-14,17H2,1-2H3;1H. The highest BCUT2D eigenvalue weighted by Crippen LogP contribution is 2.17. The largest absolute Gasteiger partial charge is 0.330 e. The van der Waals surface area contributed by atoms with Gasteiger partial charge in [0.25, 0.3) is 0 Å². The second kappa shape index (κ2) is 11.0. The maximum Gasteiger partial charge on any atom is 0.214 e. The van der Waals surface area contributed by atoms with Gasteiger partial charge in [-0.1, -0.05) is 57.0 Å². The van der Waals surface area contributed by atoms with Gasteiger partial charge >= 0.3 is 0 Å². The minimum Gasteiger partial charge on any atom is -0.330 e. The van der Waals surface area contributed by atoms with Gasteiger partial charge < -0.3 is 5.73 Å². The van der Waals surface area contributed by atoms with E-state index >= 15 is 0 Å². The summed E-state index contributed by atoms with van der Waals surface area (Å²) in [5.74, 6) is 0.461. The van der Waals surface area contributed by atoms with Gasteiger partial charge in [0.15, 0.2) is 0 Å². The summed E-state index contributed by atoms with van der Waals surface area (Å²) in [6.07, 6.45) is 2.48. The first-order valence-corrected chi connectivity index (χ1v) is 9.36. The number of rotatable bonds is 10.